The van der Waals surface area contributed by atoms with Crippen molar-refractivity contribution in [2.24, 2.45) is 0 Å². The molecule has 2 aromatic carbocycles. The van der Waals surface area contributed by atoms with E-state index < -0.39 is 0 Å². The quantitative estimate of drug-likeness (QED) is 0.421. The molecule has 0 spiro atoms. The first-order valence-electron chi connectivity index (χ1n) is 8.61. The number of amides is 1. The van der Waals surface area contributed by atoms with Gasteiger partial charge in [0.1, 0.15) is 17.0 Å². The SMILES string of the molecule is COc1ccc(C)c2sc(N(Cc3ccco3)C(=O)c3ccccc3Cl)nc12. The van der Waals surface area contributed by atoms with Gasteiger partial charge in [0.25, 0.3) is 5.91 Å². The van der Waals surface area contributed by atoms with Gasteiger partial charge in [0.15, 0.2) is 5.13 Å². The minimum atomic E-state index is -0.238. The molecule has 142 valence electrons. The Hall–Kier alpha value is -2.83. The summed E-state index contributed by atoms with van der Waals surface area (Å²) < 4.78 is 11.9. The van der Waals surface area contributed by atoms with Crippen LogP contribution in [0, 0.1) is 6.92 Å². The first-order chi connectivity index (χ1) is 13.6. The average molecular weight is 413 g/mol. The maximum Gasteiger partial charge on any atom is 0.262 e. The number of anilines is 1. The molecule has 2 aromatic heterocycles. The van der Waals surface area contributed by atoms with Crippen LogP contribution in [0.2, 0.25) is 5.02 Å². The number of ether oxygens (including phenoxy) is 1. The molecule has 1 amide bonds. The van der Waals surface area contributed by atoms with Crippen molar-refractivity contribution in [1.29, 1.82) is 0 Å². The van der Waals surface area contributed by atoms with Crippen LogP contribution < -0.4 is 9.64 Å². The minimum absolute atomic E-state index is 0.238. The third kappa shape index (κ3) is 3.37. The summed E-state index contributed by atoms with van der Waals surface area (Å²) in [5.41, 5.74) is 2.22. The molecule has 0 unspecified atom stereocenters. The minimum Gasteiger partial charge on any atom is -0.494 e. The van der Waals surface area contributed by atoms with Crippen molar-refractivity contribution in [3.8, 4) is 5.75 Å². The van der Waals surface area contributed by atoms with Crippen LogP contribution in [-0.4, -0.2) is 18.0 Å². The maximum absolute atomic E-state index is 13.3. The smallest absolute Gasteiger partial charge is 0.262 e. The monoisotopic (exact) mass is 412 g/mol. The van der Waals surface area contributed by atoms with Gasteiger partial charge in [0, 0.05) is 0 Å². The zero-order valence-electron chi connectivity index (χ0n) is 15.3. The number of thiazole rings is 1. The predicted octanol–water partition coefficient (Wildman–Crippen LogP) is 5.71. The van der Waals surface area contributed by atoms with Gasteiger partial charge in [-0.1, -0.05) is 41.1 Å². The molecule has 0 atom stereocenters. The Balaban J connectivity index is 1.84. The Bertz CT molecular complexity index is 1140. The molecule has 0 bridgehead atoms. The van der Waals surface area contributed by atoms with Gasteiger partial charge in [-0.3, -0.25) is 9.69 Å². The molecule has 0 fully saturated rings. The number of rotatable bonds is 5. The number of carbonyl (C=O) groups excluding carboxylic acids is 1. The van der Waals surface area contributed by atoms with Crippen LogP contribution in [0.1, 0.15) is 21.7 Å². The Labute approximate surface area is 171 Å². The Morgan fingerprint density at radius 2 is 2.04 bits per heavy atom. The van der Waals surface area contributed by atoms with Crippen molar-refractivity contribution in [2.75, 3.05) is 12.0 Å². The van der Waals surface area contributed by atoms with Crippen LogP contribution in [-0.2, 0) is 6.54 Å². The van der Waals surface area contributed by atoms with Gasteiger partial charge in [-0.25, -0.2) is 4.98 Å². The second kappa shape index (κ2) is 7.66. The first kappa shape index (κ1) is 18.5. The molecule has 0 radical (unpaired) electrons. The molecule has 4 aromatic rings. The number of methoxy groups -OCH3 is 1. The van der Waals surface area contributed by atoms with E-state index in [2.05, 4.69) is 0 Å². The molecule has 28 heavy (non-hydrogen) atoms. The number of nitrogens with zero attached hydrogens (tertiary/aromatic N) is 2. The van der Waals surface area contributed by atoms with Crippen LogP contribution in [0.25, 0.3) is 10.2 Å². The number of carbonyl (C=O) groups is 1. The summed E-state index contributed by atoms with van der Waals surface area (Å²) in [6.07, 6.45) is 1.58. The summed E-state index contributed by atoms with van der Waals surface area (Å²) in [5, 5.41) is 0.954. The van der Waals surface area contributed by atoms with Crippen LogP contribution in [0.5, 0.6) is 5.75 Å². The summed E-state index contributed by atoms with van der Waals surface area (Å²) in [5.74, 6) is 1.09. The van der Waals surface area contributed by atoms with Crippen molar-refractivity contribution >= 4 is 44.2 Å². The number of hydrogen-bond donors (Lipinski definition) is 0. The van der Waals surface area contributed by atoms with E-state index in [0.29, 0.717) is 27.2 Å². The molecule has 4 rings (SSSR count). The third-order valence-corrected chi connectivity index (χ3v) is 5.93. The van der Waals surface area contributed by atoms with E-state index in [1.165, 1.54) is 11.3 Å². The Morgan fingerprint density at radius 1 is 1.21 bits per heavy atom. The van der Waals surface area contributed by atoms with E-state index in [1.807, 2.05) is 25.1 Å². The fourth-order valence-corrected chi connectivity index (χ4v) is 4.21. The van der Waals surface area contributed by atoms with E-state index in [9.17, 15) is 4.79 Å². The van der Waals surface area contributed by atoms with E-state index in [4.69, 9.17) is 25.7 Å². The number of hydrogen-bond acceptors (Lipinski definition) is 5. The molecular weight excluding hydrogens is 396 g/mol. The molecule has 5 nitrogen and oxygen atoms in total. The Morgan fingerprint density at radius 3 is 2.75 bits per heavy atom. The lowest BCUT2D eigenvalue weighted by atomic mass is 10.2. The van der Waals surface area contributed by atoms with Gasteiger partial charge >= 0.3 is 0 Å². The summed E-state index contributed by atoms with van der Waals surface area (Å²) in [6, 6.07) is 14.5. The lowest BCUT2D eigenvalue weighted by Crippen LogP contribution is -2.30. The molecule has 0 N–H and O–H groups in total. The van der Waals surface area contributed by atoms with Gasteiger partial charge in [0.05, 0.1) is 35.2 Å². The van der Waals surface area contributed by atoms with Crippen molar-refractivity contribution in [3.63, 3.8) is 0 Å². The van der Waals surface area contributed by atoms with Gasteiger partial charge in [-0.15, -0.1) is 0 Å². The second-order valence-electron chi connectivity index (χ2n) is 6.21. The second-order valence-corrected chi connectivity index (χ2v) is 7.59. The van der Waals surface area contributed by atoms with Gasteiger partial charge in [-0.2, -0.15) is 0 Å². The molecule has 0 saturated carbocycles. The Kier molecular flexibility index (Phi) is 5.07. The predicted molar refractivity (Wildman–Crippen MR) is 112 cm³/mol. The highest BCUT2D eigenvalue weighted by molar-refractivity contribution is 7.22. The van der Waals surface area contributed by atoms with Crippen LogP contribution in [0.4, 0.5) is 5.13 Å². The first-order valence-corrected chi connectivity index (χ1v) is 9.81. The number of benzene rings is 2. The fourth-order valence-electron chi connectivity index (χ4n) is 2.94. The molecule has 0 aliphatic heterocycles. The summed E-state index contributed by atoms with van der Waals surface area (Å²) in [6.45, 7) is 2.26. The number of aromatic nitrogens is 1. The number of aryl methyl sites for hydroxylation is 1. The van der Waals surface area contributed by atoms with E-state index >= 15 is 0 Å². The van der Waals surface area contributed by atoms with E-state index in [0.717, 1.165) is 15.8 Å². The molecule has 2 heterocycles. The van der Waals surface area contributed by atoms with Crippen molar-refractivity contribution in [2.45, 2.75) is 13.5 Å². The van der Waals surface area contributed by atoms with Crippen molar-refractivity contribution in [3.05, 3.63) is 76.7 Å². The average Bonchev–Trinajstić information content (AvgIpc) is 3.36. The highest BCUT2D eigenvalue weighted by atomic mass is 35.5. The highest BCUT2D eigenvalue weighted by Crippen LogP contribution is 2.37. The summed E-state index contributed by atoms with van der Waals surface area (Å²) in [7, 11) is 1.61. The molecule has 0 saturated heterocycles. The van der Waals surface area contributed by atoms with Gasteiger partial charge < -0.3 is 9.15 Å². The number of fused-ring (bicyclic) bond motifs is 1. The zero-order valence-corrected chi connectivity index (χ0v) is 16.9. The van der Waals surface area contributed by atoms with Gasteiger partial charge in [0.2, 0.25) is 0 Å². The zero-order chi connectivity index (χ0) is 19.7. The third-order valence-electron chi connectivity index (χ3n) is 4.39. The molecule has 0 aliphatic rings. The molecule has 7 heteroatoms. The lowest BCUT2D eigenvalue weighted by molar-refractivity contribution is 0.0983. The van der Waals surface area contributed by atoms with Crippen LogP contribution in [0.3, 0.4) is 0 Å². The topological polar surface area (TPSA) is 55.6 Å². The van der Waals surface area contributed by atoms with E-state index in [-0.39, 0.29) is 12.5 Å². The largest absolute Gasteiger partial charge is 0.494 e. The van der Waals surface area contributed by atoms with Crippen molar-refractivity contribution in [1.82, 2.24) is 4.98 Å². The maximum atomic E-state index is 13.3. The summed E-state index contributed by atoms with van der Waals surface area (Å²) >= 11 is 7.72. The molecular formula is C21H17ClN2O3S. The fraction of sp³-hybridized carbons (Fsp3) is 0.143. The standard InChI is InChI=1S/C21H17ClN2O3S/c1-13-9-10-17(26-2)18-19(13)28-21(23-18)24(12-14-6-5-11-27-14)20(25)15-7-3-4-8-16(15)22/h3-11H,12H2,1-2H3. The number of furan rings is 1. The normalized spacial score (nSPS) is 11.0. The van der Waals surface area contributed by atoms with E-state index in [1.54, 1.807) is 48.6 Å². The van der Waals surface area contributed by atoms with Crippen molar-refractivity contribution < 1.29 is 13.9 Å². The van der Waals surface area contributed by atoms with Crippen LogP contribution >= 0.6 is 22.9 Å². The molecule has 0 aliphatic carbocycles. The van der Waals surface area contributed by atoms with Crippen LogP contribution in [0.15, 0.2) is 59.2 Å². The number of halogens is 1. The van der Waals surface area contributed by atoms with Gasteiger partial charge in [-0.05, 0) is 42.8 Å². The highest BCUT2D eigenvalue weighted by Gasteiger charge is 2.25. The summed E-state index contributed by atoms with van der Waals surface area (Å²) in [4.78, 5) is 19.6. The lowest BCUT2D eigenvalue weighted by Gasteiger charge is -2.19.